The van der Waals surface area contributed by atoms with Gasteiger partial charge in [0, 0.05) is 12.4 Å². The number of rotatable bonds is 0. The minimum atomic E-state index is 0.118. The summed E-state index contributed by atoms with van der Waals surface area (Å²) in [5.74, 6) is 0. The molecule has 0 amide bonds. The van der Waals surface area contributed by atoms with Crippen LogP contribution in [0.3, 0.4) is 0 Å². The first-order valence-electron chi connectivity index (χ1n) is 4.80. The molecule has 1 aliphatic rings. The third-order valence-electron chi connectivity index (χ3n) is 1.63. The Morgan fingerprint density at radius 2 is 1.21 bits per heavy atom. The largest absolute Gasteiger partial charge is 0.294 e. The molecule has 80 valence electrons. The lowest BCUT2D eigenvalue weighted by molar-refractivity contribution is 0.912. The van der Waals surface area contributed by atoms with E-state index in [9.17, 15) is 0 Å². The molecule has 2 nitrogen and oxygen atoms in total. The molecule has 0 aromatic heterocycles. The molecule has 0 N–H and O–H groups in total. The van der Waals surface area contributed by atoms with Crippen molar-refractivity contribution in [3.05, 3.63) is 0 Å². The fourth-order valence-corrected chi connectivity index (χ4v) is 3.15. The summed E-state index contributed by atoms with van der Waals surface area (Å²) in [4.78, 5) is 8.72. The molecule has 0 radical (unpaired) electrons. The highest BCUT2D eigenvalue weighted by Crippen LogP contribution is 2.42. The fourth-order valence-electron chi connectivity index (χ4n) is 0.942. The summed E-state index contributed by atoms with van der Waals surface area (Å²) >= 11 is 0. The summed E-state index contributed by atoms with van der Waals surface area (Å²) < 4.78 is 0.236. The maximum Gasteiger partial charge on any atom is 0.0581 e. The Morgan fingerprint density at radius 3 is 1.57 bits per heavy atom. The third-order valence-corrected chi connectivity index (χ3v) is 5.61. The number of hydrogen-bond acceptors (Lipinski definition) is 4. The van der Waals surface area contributed by atoms with Gasteiger partial charge in [-0.15, -0.1) is 0 Å². The highest BCUT2D eigenvalue weighted by molar-refractivity contribution is 8.78. The van der Waals surface area contributed by atoms with Crippen molar-refractivity contribution >= 4 is 34.0 Å². The van der Waals surface area contributed by atoms with Gasteiger partial charge < -0.3 is 0 Å². The summed E-state index contributed by atoms with van der Waals surface area (Å²) in [6, 6.07) is 0. The Kier molecular flexibility index (Phi) is 4.07. The highest BCUT2D eigenvalue weighted by Gasteiger charge is 2.23. The maximum atomic E-state index is 4.36. The molecule has 1 heterocycles. The van der Waals surface area contributed by atoms with Gasteiger partial charge in [-0.2, -0.15) is 0 Å². The lowest BCUT2D eigenvalue weighted by Gasteiger charge is -2.25. The van der Waals surface area contributed by atoms with E-state index in [2.05, 4.69) is 37.7 Å². The average molecular weight is 230 g/mol. The number of nitrogens with zero attached hydrogens (tertiary/aromatic N) is 2. The van der Waals surface area contributed by atoms with E-state index in [-0.39, 0.29) is 9.49 Å². The fraction of sp³-hybridized carbons (Fsp3) is 0.800. The molecule has 0 saturated carbocycles. The molecule has 0 unspecified atom stereocenters. The Balaban J connectivity index is 2.70. The second-order valence-electron chi connectivity index (χ2n) is 4.44. The molecule has 0 aromatic rings. The monoisotopic (exact) mass is 230 g/mol. The molecule has 0 spiro atoms. The summed E-state index contributed by atoms with van der Waals surface area (Å²) in [5.41, 5.74) is 0. The van der Waals surface area contributed by atoms with Crippen molar-refractivity contribution in [2.45, 2.75) is 37.2 Å². The molecule has 4 heteroatoms. The van der Waals surface area contributed by atoms with Crippen molar-refractivity contribution in [2.75, 3.05) is 13.1 Å². The second kappa shape index (κ2) is 4.71. The van der Waals surface area contributed by atoms with Crippen molar-refractivity contribution < 1.29 is 0 Å². The van der Waals surface area contributed by atoms with Gasteiger partial charge >= 0.3 is 0 Å². The Hall–Kier alpha value is 0.0400. The normalized spacial score (nSPS) is 30.6. The van der Waals surface area contributed by atoms with E-state index in [1.165, 1.54) is 0 Å². The SMILES string of the molecule is CC1(C)/C=N\CC/N=C\C(C)(C)SS1. The van der Waals surface area contributed by atoms with E-state index in [4.69, 9.17) is 0 Å². The topological polar surface area (TPSA) is 24.7 Å². The van der Waals surface area contributed by atoms with Crippen molar-refractivity contribution in [1.29, 1.82) is 0 Å². The zero-order valence-electron chi connectivity index (χ0n) is 9.28. The summed E-state index contributed by atoms with van der Waals surface area (Å²) in [6.07, 6.45) is 4.09. The summed E-state index contributed by atoms with van der Waals surface area (Å²) in [7, 11) is 3.72. The van der Waals surface area contributed by atoms with Gasteiger partial charge in [-0.3, -0.25) is 9.98 Å². The van der Waals surface area contributed by atoms with Gasteiger partial charge in [0.05, 0.1) is 22.6 Å². The standard InChI is InChI=1S/C10H18N2S2/c1-9(2)7-11-5-6-12-8-10(3,4)14-13-9/h7-8H,5-6H2,1-4H3/b11-7-,12-8-. The van der Waals surface area contributed by atoms with Crippen LogP contribution >= 0.6 is 21.6 Å². The summed E-state index contributed by atoms with van der Waals surface area (Å²) in [6.45, 7) is 10.4. The van der Waals surface area contributed by atoms with Crippen LogP contribution in [-0.4, -0.2) is 35.0 Å². The van der Waals surface area contributed by atoms with Crippen molar-refractivity contribution in [1.82, 2.24) is 0 Å². The van der Waals surface area contributed by atoms with Gasteiger partial charge in [-0.05, 0) is 27.7 Å². The van der Waals surface area contributed by atoms with Crippen LogP contribution in [0.5, 0.6) is 0 Å². The average Bonchev–Trinajstić information content (AvgIpc) is 2.08. The van der Waals surface area contributed by atoms with Crippen LogP contribution in [0, 0.1) is 0 Å². The number of hydrogen-bond donors (Lipinski definition) is 0. The molecule has 0 atom stereocenters. The molecule has 0 aromatic carbocycles. The quantitative estimate of drug-likeness (QED) is 0.597. The van der Waals surface area contributed by atoms with E-state index in [1.807, 2.05) is 34.0 Å². The highest BCUT2D eigenvalue weighted by atomic mass is 33.1. The lowest BCUT2D eigenvalue weighted by atomic mass is 10.2. The Labute approximate surface area is 94.5 Å². The predicted octanol–water partition coefficient (Wildman–Crippen LogP) is 3.08. The second-order valence-corrected chi connectivity index (χ2v) is 7.88. The van der Waals surface area contributed by atoms with Gasteiger partial charge in [0.15, 0.2) is 0 Å². The predicted molar refractivity (Wildman–Crippen MR) is 70.1 cm³/mol. The van der Waals surface area contributed by atoms with E-state index in [1.54, 1.807) is 0 Å². The van der Waals surface area contributed by atoms with Gasteiger partial charge in [-0.25, -0.2) is 0 Å². The van der Waals surface area contributed by atoms with Crippen LogP contribution < -0.4 is 0 Å². The van der Waals surface area contributed by atoms with Crippen LogP contribution in [-0.2, 0) is 0 Å². The van der Waals surface area contributed by atoms with Gasteiger partial charge in [0.1, 0.15) is 0 Å². The molecule has 1 aliphatic heterocycles. The Bertz CT molecular complexity index is 219. The smallest absolute Gasteiger partial charge is 0.0581 e. The molecule has 0 aliphatic carbocycles. The Morgan fingerprint density at radius 1 is 0.857 bits per heavy atom. The van der Waals surface area contributed by atoms with E-state index in [0.29, 0.717) is 0 Å². The molecule has 14 heavy (non-hydrogen) atoms. The lowest BCUT2D eigenvalue weighted by Crippen LogP contribution is -2.22. The van der Waals surface area contributed by atoms with Crippen LogP contribution in [0.2, 0.25) is 0 Å². The first-order valence-corrected chi connectivity index (χ1v) is 6.95. The molecule has 1 rings (SSSR count). The van der Waals surface area contributed by atoms with E-state index >= 15 is 0 Å². The zero-order valence-corrected chi connectivity index (χ0v) is 10.9. The molecular formula is C10H18N2S2. The van der Waals surface area contributed by atoms with E-state index in [0.717, 1.165) is 13.1 Å². The first-order chi connectivity index (χ1) is 6.41. The van der Waals surface area contributed by atoms with Crippen molar-refractivity contribution in [2.24, 2.45) is 9.98 Å². The minimum Gasteiger partial charge on any atom is -0.294 e. The number of aliphatic imine (C=N–C) groups is 2. The third kappa shape index (κ3) is 4.51. The summed E-state index contributed by atoms with van der Waals surface area (Å²) in [5, 5.41) is 0. The van der Waals surface area contributed by atoms with Crippen molar-refractivity contribution in [3.63, 3.8) is 0 Å². The van der Waals surface area contributed by atoms with Crippen LogP contribution in [0.25, 0.3) is 0 Å². The molecular weight excluding hydrogens is 212 g/mol. The van der Waals surface area contributed by atoms with Crippen LogP contribution in [0.1, 0.15) is 27.7 Å². The zero-order chi connectivity index (χ0) is 10.7. The van der Waals surface area contributed by atoms with Gasteiger partial charge in [0.25, 0.3) is 0 Å². The van der Waals surface area contributed by atoms with E-state index < -0.39 is 0 Å². The maximum absolute atomic E-state index is 4.36. The molecule has 0 saturated heterocycles. The van der Waals surface area contributed by atoms with Gasteiger partial charge in [0.2, 0.25) is 0 Å². The van der Waals surface area contributed by atoms with Crippen LogP contribution in [0.4, 0.5) is 0 Å². The first kappa shape index (κ1) is 12.1. The minimum absolute atomic E-state index is 0.118. The molecule has 0 fully saturated rings. The molecule has 0 bridgehead atoms. The van der Waals surface area contributed by atoms with Crippen LogP contribution in [0.15, 0.2) is 9.98 Å². The van der Waals surface area contributed by atoms with Crippen molar-refractivity contribution in [3.8, 4) is 0 Å². The van der Waals surface area contributed by atoms with Gasteiger partial charge in [-0.1, -0.05) is 21.6 Å².